The summed E-state index contributed by atoms with van der Waals surface area (Å²) in [5, 5.41) is 12.2. The van der Waals surface area contributed by atoms with Crippen molar-refractivity contribution in [1.29, 1.82) is 0 Å². The van der Waals surface area contributed by atoms with Gasteiger partial charge in [0, 0.05) is 25.6 Å². The van der Waals surface area contributed by atoms with E-state index in [1.54, 1.807) is 14.2 Å². The van der Waals surface area contributed by atoms with Gasteiger partial charge in [-0.2, -0.15) is 5.10 Å². The molecule has 0 radical (unpaired) electrons. The number of hydrogen-bond donors (Lipinski definition) is 3. The Morgan fingerprint density at radius 2 is 1.56 bits per heavy atom. The van der Waals surface area contributed by atoms with E-state index < -0.39 is 10.9 Å². The summed E-state index contributed by atoms with van der Waals surface area (Å²) in [6.07, 6.45) is 3.46. The number of benzene rings is 2. The molecular weight excluding hydrogens is 432 g/mol. The molecule has 0 amide bonds. The first-order valence-electron chi connectivity index (χ1n) is 10.1. The van der Waals surface area contributed by atoms with E-state index in [0.717, 1.165) is 36.6 Å². The third-order valence-corrected chi connectivity index (χ3v) is 4.92. The maximum Gasteiger partial charge on any atom is 0.206 e. The molecule has 0 bridgehead atoms. The second-order valence-corrected chi connectivity index (χ2v) is 7.66. The van der Waals surface area contributed by atoms with Crippen molar-refractivity contribution in [3.63, 3.8) is 0 Å². The number of nitrogens with two attached hydrogens (primary N) is 1. The van der Waals surface area contributed by atoms with Crippen LogP contribution in [0.3, 0.4) is 0 Å². The van der Waals surface area contributed by atoms with Gasteiger partial charge in [-0.15, -0.1) is 0 Å². The van der Waals surface area contributed by atoms with Crippen molar-refractivity contribution >= 4 is 10.9 Å². The molecule has 3 aromatic rings. The first-order valence-corrected chi connectivity index (χ1v) is 11.3. The van der Waals surface area contributed by atoms with Crippen LogP contribution < -0.4 is 19.9 Å². The highest BCUT2D eigenvalue weighted by Gasteiger charge is 2.20. The second-order valence-electron chi connectivity index (χ2n) is 7.09. The number of hydrogen-bond acceptors (Lipinski definition) is 7. The summed E-state index contributed by atoms with van der Waals surface area (Å²) < 4.78 is 35.8. The molecule has 4 rings (SSSR count). The maximum absolute atomic E-state index is 8.81. The quantitative estimate of drug-likeness (QED) is 0.459. The van der Waals surface area contributed by atoms with Crippen LogP contribution in [-0.2, 0) is 28.5 Å². The molecule has 1 fully saturated rings. The summed E-state index contributed by atoms with van der Waals surface area (Å²) in [5.41, 5.74) is 4.66. The molecule has 1 saturated heterocycles. The molecule has 9 nitrogen and oxygen atoms in total. The lowest BCUT2D eigenvalue weighted by Gasteiger charge is -2.09. The van der Waals surface area contributed by atoms with E-state index >= 15 is 0 Å². The average Bonchev–Trinajstić information content (AvgIpc) is 3.45. The highest BCUT2D eigenvalue weighted by atomic mass is 32.2. The van der Waals surface area contributed by atoms with Gasteiger partial charge in [0.15, 0.2) is 10.9 Å². The van der Waals surface area contributed by atoms with Crippen LogP contribution in [0.25, 0.3) is 0 Å². The second kappa shape index (κ2) is 11.6. The summed E-state index contributed by atoms with van der Waals surface area (Å²) in [6, 6.07) is 16.3. The van der Waals surface area contributed by atoms with Gasteiger partial charge in [-0.1, -0.05) is 24.3 Å². The van der Waals surface area contributed by atoms with Gasteiger partial charge in [0.25, 0.3) is 0 Å². The van der Waals surface area contributed by atoms with Gasteiger partial charge < -0.3 is 14.2 Å². The fourth-order valence-electron chi connectivity index (χ4n) is 3.37. The predicted molar refractivity (Wildman–Crippen MR) is 121 cm³/mol. The molecule has 0 spiro atoms. The highest BCUT2D eigenvalue weighted by molar-refractivity contribution is 7.69. The van der Waals surface area contributed by atoms with Crippen LogP contribution in [0.15, 0.2) is 54.7 Å². The number of rotatable bonds is 7. The lowest BCUT2D eigenvalue weighted by Crippen LogP contribution is -2.21. The van der Waals surface area contributed by atoms with Crippen molar-refractivity contribution in [2.24, 2.45) is 5.14 Å². The molecule has 32 heavy (non-hydrogen) atoms. The summed E-state index contributed by atoms with van der Waals surface area (Å²) in [4.78, 5) is 0. The molecule has 1 unspecified atom stereocenters. The van der Waals surface area contributed by atoms with Crippen LogP contribution in [-0.4, -0.2) is 45.6 Å². The van der Waals surface area contributed by atoms with Gasteiger partial charge in [0.1, 0.15) is 11.5 Å². The van der Waals surface area contributed by atoms with E-state index in [1.165, 1.54) is 16.7 Å². The molecule has 1 aliphatic rings. The number of nitrogens with one attached hydrogen (secondary N) is 1. The Labute approximate surface area is 189 Å². The Hall–Kier alpha value is -2.92. The zero-order chi connectivity index (χ0) is 22.9. The van der Waals surface area contributed by atoms with Crippen molar-refractivity contribution in [2.75, 3.05) is 27.4 Å². The Kier molecular flexibility index (Phi) is 8.63. The average molecular weight is 461 g/mol. The molecule has 172 valence electrons. The Balaban J connectivity index is 0.000000668. The van der Waals surface area contributed by atoms with E-state index in [1.807, 2.05) is 28.9 Å². The third kappa shape index (κ3) is 6.79. The summed E-state index contributed by atoms with van der Waals surface area (Å²) in [5.74, 6) is 1.72. The lowest BCUT2D eigenvalue weighted by atomic mass is 10.0. The number of ether oxygens (including phenoxy) is 3. The molecule has 2 aromatic carbocycles. The molecule has 3 N–H and O–H groups in total. The molecule has 1 aromatic heterocycles. The summed E-state index contributed by atoms with van der Waals surface area (Å²) >= 11 is 0. The molecule has 0 saturated carbocycles. The van der Waals surface area contributed by atoms with Crippen molar-refractivity contribution in [2.45, 2.75) is 19.2 Å². The van der Waals surface area contributed by atoms with Gasteiger partial charge >= 0.3 is 0 Å². The van der Waals surface area contributed by atoms with Crippen LogP contribution in [0, 0.1) is 0 Å². The largest absolute Gasteiger partial charge is 0.497 e. The zero-order valence-electron chi connectivity index (χ0n) is 18.1. The monoisotopic (exact) mass is 460 g/mol. The van der Waals surface area contributed by atoms with Crippen LogP contribution >= 0.6 is 0 Å². The van der Waals surface area contributed by atoms with Gasteiger partial charge in [-0.3, -0.25) is 5.32 Å². The number of nitrogens with zero attached hydrogens (tertiary/aromatic N) is 2. The third-order valence-electron chi connectivity index (χ3n) is 4.92. The highest BCUT2D eigenvalue weighted by Crippen LogP contribution is 2.22. The normalized spacial score (nSPS) is 15.3. The molecule has 2 heterocycles. The molecular formula is C22H28N4O5S. The molecule has 0 aliphatic carbocycles. The fourth-order valence-corrected chi connectivity index (χ4v) is 3.37. The van der Waals surface area contributed by atoms with E-state index in [2.05, 4.69) is 40.9 Å². The number of methoxy groups -OCH3 is 2. The van der Waals surface area contributed by atoms with Crippen molar-refractivity contribution in [3.8, 4) is 11.5 Å². The summed E-state index contributed by atoms with van der Waals surface area (Å²) in [6.45, 7) is 1.54. The van der Waals surface area contributed by atoms with E-state index in [-0.39, 0.29) is 6.35 Å². The van der Waals surface area contributed by atoms with Crippen molar-refractivity contribution in [3.05, 3.63) is 77.1 Å². The number of aromatic nitrogens is 2. The minimum absolute atomic E-state index is 0.195. The van der Waals surface area contributed by atoms with Crippen LogP contribution in [0.5, 0.6) is 11.5 Å². The van der Waals surface area contributed by atoms with Gasteiger partial charge in [-0.25, -0.2) is 18.2 Å². The Morgan fingerprint density at radius 3 is 2.03 bits per heavy atom. The Morgan fingerprint density at radius 1 is 1.03 bits per heavy atom. The van der Waals surface area contributed by atoms with Gasteiger partial charge in [0.2, 0.25) is 6.35 Å². The first kappa shape index (κ1) is 23.7. The van der Waals surface area contributed by atoms with Crippen LogP contribution in [0.2, 0.25) is 0 Å². The molecule has 1 atom stereocenters. The lowest BCUT2D eigenvalue weighted by molar-refractivity contribution is 0.0340. The minimum atomic E-state index is -2.62. The predicted octanol–water partition coefficient (Wildman–Crippen LogP) is 1.63. The maximum atomic E-state index is 8.81. The molecule has 10 heteroatoms. The zero-order valence-corrected chi connectivity index (χ0v) is 19.0. The number of thiol groups is 1. The smallest absolute Gasteiger partial charge is 0.206 e. The topological polar surface area (TPSA) is 118 Å². The standard InChI is InChI=1S/C22H25N3O3.H3NO2S/c1-26-19-7-3-16(4-8-19)13-18-15-25(22-23-11-12-28-22)24-21(18)14-17-5-9-20(27-2)10-6-17;1-4(2)3/h3-10,15,22-23H,11-14H2,1-2H3;4H,(H2,1,2,3). The van der Waals surface area contributed by atoms with Crippen molar-refractivity contribution in [1.82, 2.24) is 15.1 Å². The first-order chi connectivity index (χ1) is 15.5. The Bertz CT molecular complexity index is 984. The van der Waals surface area contributed by atoms with Gasteiger partial charge in [0.05, 0.1) is 26.5 Å². The van der Waals surface area contributed by atoms with Crippen LogP contribution in [0.4, 0.5) is 0 Å². The summed E-state index contributed by atoms with van der Waals surface area (Å²) in [7, 11) is 0.740. The van der Waals surface area contributed by atoms with E-state index in [0.29, 0.717) is 6.61 Å². The van der Waals surface area contributed by atoms with Gasteiger partial charge in [-0.05, 0) is 41.0 Å². The van der Waals surface area contributed by atoms with Crippen molar-refractivity contribution < 1.29 is 22.6 Å². The SMILES string of the molecule is COc1ccc(Cc2cn(C3NCCO3)nc2Cc2ccc(OC)cc2)cc1.N[SH](=O)=O. The minimum Gasteiger partial charge on any atom is -0.497 e. The fraction of sp³-hybridized carbons (Fsp3) is 0.318. The van der Waals surface area contributed by atoms with E-state index in [9.17, 15) is 0 Å². The van der Waals surface area contributed by atoms with Crippen LogP contribution in [0.1, 0.15) is 28.7 Å². The van der Waals surface area contributed by atoms with E-state index in [4.69, 9.17) is 27.7 Å². The molecule has 1 aliphatic heterocycles.